The Morgan fingerprint density at radius 3 is 2.23 bits per heavy atom. The summed E-state index contributed by atoms with van der Waals surface area (Å²) in [6, 6.07) is 7.14. The third-order valence-electron chi connectivity index (χ3n) is 4.30. The molecule has 0 bridgehead atoms. The standard InChI is InChI=1S/C20H29NO5/c1-15(22)25-17-9-7-6-8-16(17)24-14-20(5)10-12-21(13-11-20)18(23)26-19(2,3)4/h6-9H,10-14H2,1-5H3. The van der Waals surface area contributed by atoms with E-state index in [0.717, 1.165) is 12.8 Å². The van der Waals surface area contributed by atoms with Gasteiger partial charge in [-0.1, -0.05) is 19.1 Å². The van der Waals surface area contributed by atoms with E-state index in [2.05, 4.69) is 6.92 Å². The average molecular weight is 363 g/mol. The number of para-hydroxylation sites is 2. The van der Waals surface area contributed by atoms with Crippen LogP contribution in [-0.4, -0.2) is 42.3 Å². The number of likely N-dealkylation sites (tertiary alicyclic amines) is 1. The van der Waals surface area contributed by atoms with Gasteiger partial charge in [-0.2, -0.15) is 0 Å². The fourth-order valence-electron chi connectivity index (χ4n) is 2.76. The van der Waals surface area contributed by atoms with E-state index in [-0.39, 0.29) is 17.5 Å². The molecule has 6 heteroatoms. The van der Waals surface area contributed by atoms with E-state index in [1.807, 2.05) is 26.8 Å². The first-order chi connectivity index (χ1) is 12.1. The van der Waals surface area contributed by atoms with E-state index in [9.17, 15) is 9.59 Å². The minimum atomic E-state index is -0.485. The van der Waals surface area contributed by atoms with Gasteiger partial charge in [-0.25, -0.2) is 4.79 Å². The summed E-state index contributed by atoms with van der Waals surface area (Å²) in [5, 5.41) is 0. The Bertz CT molecular complexity index is 642. The van der Waals surface area contributed by atoms with E-state index in [4.69, 9.17) is 14.2 Å². The molecule has 144 valence electrons. The second-order valence-corrected chi connectivity index (χ2v) is 8.11. The van der Waals surface area contributed by atoms with E-state index >= 15 is 0 Å². The molecule has 1 saturated heterocycles. The maximum atomic E-state index is 12.2. The highest BCUT2D eigenvalue weighted by Gasteiger charge is 2.34. The van der Waals surface area contributed by atoms with Gasteiger partial charge in [0.05, 0.1) is 6.61 Å². The summed E-state index contributed by atoms with van der Waals surface area (Å²) in [5.41, 5.74) is -0.538. The Morgan fingerprint density at radius 2 is 1.69 bits per heavy atom. The SMILES string of the molecule is CC(=O)Oc1ccccc1OCC1(C)CCN(C(=O)OC(C)(C)C)CC1. The van der Waals surface area contributed by atoms with Gasteiger partial charge >= 0.3 is 12.1 Å². The van der Waals surface area contributed by atoms with Gasteiger partial charge in [0.2, 0.25) is 0 Å². The van der Waals surface area contributed by atoms with Gasteiger partial charge in [0.1, 0.15) is 5.60 Å². The van der Waals surface area contributed by atoms with Crippen LogP contribution in [0.15, 0.2) is 24.3 Å². The summed E-state index contributed by atoms with van der Waals surface area (Å²) in [5.74, 6) is 0.603. The summed E-state index contributed by atoms with van der Waals surface area (Å²) in [6.07, 6.45) is 1.38. The average Bonchev–Trinajstić information content (AvgIpc) is 2.52. The first-order valence-corrected chi connectivity index (χ1v) is 8.96. The normalized spacial score (nSPS) is 16.7. The molecule has 0 radical (unpaired) electrons. The number of benzene rings is 1. The van der Waals surface area contributed by atoms with Crippen LogP contribution in [0.4, 0.5) is 4.79 Å². The molecule has 0 N–H and O–H groups in total. The van der Waals surface area contributed by atoms with E-state index in [1.165, 1.54) is 6.92 Å². The molecule has 0 aliphatic carbocycles. The third-order valence-corrected chi connectivity index (χ3v) is 4.30. The zero-order chi connectivity index (χ0) is 19.4. The van der Waals surface area contributed by atoms with E-state index in [1.54, 1.807) is 23.1 Å². The molecule has 0 saturated carbocycles. The molecule has 1 aromatic carbocycles. The molecule has 26 heavy (non-hydrogen) atoms. The van der Waals surface area contributed by atoms with Crippen LogP contribution in [0.3, 0.4) is 0 Å². The fraction of sp³-hybridized carbons (Fsp3) is 0.600. The maximum Gasteiger partial charge on any atom is 0.410 e. The molecule has 0 atom stereocenters. The number of carbonyl (C=O) groups is 2. The molecule has 6 nitrogen and oxygen atoms in total. The van der Waals surface area contributed by atoms with Gasteiger partial charge in [0.25, 0.3) is 0 Å². The predicted molar refractivity (Wildman–Crippen MR) is 98.4 cm³/mol. The Kier molecular flexibility index (Phi) is 6.16. The number of piperidine rings is 1. The molecule has 0 spiro atoms. The van der Waals surface area contributed by atoms with E-state index < -0.39 is 5.60 Å². The molecule has 0 aromatic heterocycles. The summed E-state index contributed by atoms with van der Waals surface area (Å²) in [6.45, 7) is 10.9. The lowest BCUT2D eigenvalue weighted by Crippen LogP contribution is -2.46. The van der Waals surface area contributed by atoms with Crippen LogP contribution in [0.5, 0.6) is 11.5 Å². The first-order valence-electron chi connectivity index (χ1n) is 8.96. The van der Waals surface area contributed by atoms with Crippen molar-refractivity contribution in [3.8, 4) is 11.5 Å². The highest BCUT2D eigenvalue weighted by Crippen LogP contribution is 2.34. The lowest BCUT2D eigenvalue weighted by molar-refractivity contribution is -0.132. The zero-order valence-electron chi connectivity index (χ0n) is 16.3. The van der Waals surface area contributed by atoms with E-state index in [0.29, 0.717) is 31.2 Å². The molecule has 1 amide bonds. The fourth-order valence-corrected chi connectivity index (χ4v) is 2.76. The van der Waals surface area contributed by atoms with Crippen molar-refractivity contribution in [2.75, 3.05) is 19.7 Å². The van der Waals surface area contributed by atoms with Crippen LogP contribution in [0, 0.1) is 5.41 Å². The van der Waals surface area contributed by atoms with Crippen molar-refractivity contribution in [2.24, 2.45) is 5.41 Å². The van der Waals surface area contributed by atoms with Crippen LogP contribution < -0.4 is 9.47 Å². The summed E-state index contributed by atoms with van der Waals surface area (Å²) in [4.78, 5) is 25.1. The maximum absolute atomic E-state index is 12.2. The zero-order valence-corrected chi connectivity index (χ0v) is 16.3. The Balaban J connectivity index is 1.90. The monoisotopic (exact) mass is 363 g/mol. The summed E-state index contributed by atoms with van der Waals surface area (Å²) < 4.78 is 16.6. The van der Waals surface area contributed by atoms with Crippen molar-refractivity contribution in [3.63, 3.8) is 0 Å². The smallest absolute Gasteiger partial charge is 0.410 e. The number of ether oxygens (including phenoxy) is 3. The molecule has 1 aliphatic heterocycles. The molecular formula is C20H29NO5. The van der Waals surface area contributed by atoms with Crippen LogP contribution in [0.2, 0.25) is 0 Å². The van der Waals surface area contributed by atoms with Gasteiger partial charge in [-0.15, -0.1) is 0 Å². The van der Waals surface area contributed by atoms with Crippen LogP contribution in [0.1, 0.15) is 47.5 Å². The van der Waals surface area contributed by atoms with Crippen molar-refractivity contribution >= 4 is 12.1 Å². The number of rotatable bonds is 4. The lowest BCUT2D eigenvalue weighted by Gasteiger charge is -2.39. The number of nitrogens with zero attached hydrogens (tertiary/aromatic N) is 1. The molecule has 0 unspecified atom stereocenters. The van der Waals surface area contributed by atoms with Crippen LogP contribution in [-0.2, 0) is 9.53 Å². The molecule has 2 rings (SSSR count). The van der Waals surface area contributed by atoms with Gasteiger partial charge in [-0.3, -0.25) is 4.79 Å². The summed E-state index contributed by atoms with van der Waals surface area (Å²) >= 11 is 0. The molecule has 1 aromatic rings. The molecule has 1 fully saturated rings. The number of carbonyl (C=O) groups excluding carboxylic acids is 2. The summed E-state index contributed by atoms with van der Waals surface area (Å²) in [7, 11) is 0. The third kappa shape index (κ3) is 5.93. The van der Waals surface area contributed by atoms with Crippen LogP contribution in [0.25, 0.3) is 0 Å². The number of hydrogen-bond donors (Lipinski definition) is 0. The van der Waals surface area contributed by atoms with Gasteiger partial charge in [0, 0.05) is 25.4 Å². The molecule has 1 aliphatic rings. The largest absolute Gasteiger partial charge is 0.489 e. The minimum absolute atomic E-state index is 0.0537. The minimum Gasteiger partial charge on any atom is -0.489 e. The van der Waals surface area contributed by atoms with Gasteiger partial charge in [-0.05, 0) is 45.7 Å². The number of hydrogen-bond acceptors (Lipinski definition) is 5. The lowest BCUT2D eigenvalue weighted by atomic mass is 9.81. The number of esters is 1. The van der Waals surface area contributed by atoms with Crippen molar-refractivity contribution < 1.29 is 23.8 Å². The quantitative estimate of drug-likeness (QED) is 0.597. The van der Waals surface area contributed by atoms with Gasteiger partial charge < -0.3 is 19.1 Å². The highest BCUT2D eigenvalue weighted by atomic mass is 16.6. The van der Waals surface area contributed by atoms with Crippen molar-refractivity contribution in [1.29, 1.82) is 0 Å². The predicted octanol–water partition coefficient (Wildman–Crippen LogP) is 4.03. The first kappa shape index (κ1) is 20.1. The van der Waals surface area contributed by atoms with Crippen molar-refractivity contribution in [1.82, 2.24) is 4.90 Å². The Morgan fingerprint density at radius 1 is 1.12 bits per heavy atom. The highest BCUT2D eigenvalue weighted by molar-refractivity contribution is 5.70. The molecule has 1 heterocycles. The second-order valence-electron chi connectivity index (χ2n) is 8.11. The molecular weight excluding hydrogens is 334 g/mol. The second kappa shape index (κ2) is 7.98. The Labute approximate surface area is 155 Å². The van der Waals surface area contributed by atoms with Crippen molar-refractivity contribution in [2.45, 2.75) is 53.1 Å². The Hall–Kier alpha value is -2.24. The number of amides is 1. The van der Waals surface area contributed by atoms with Gasteiger partial charge in [0.15, 0.2) is 11.5 Å². The van der Waals surface area contributed by atoms with Crippen LogP contribution >= 0.6 is 0 Å². The van der Waals surface area contributed by atoms with Crippen molar-refractivity contribution in [3.05, 3.63) is 24.3 Å². The topological polar surface area (TPSA) is 65.1 Å².